The molecule has 2 fully saturated rings. The van der Waals surface area contributed by atoms with Crippen molar-refractivity contribution >= 4 is 29.6 Å². The van der Waals surface area contributed by atoms with Crippen LogP contribution >= 0.6 is 11.8 Å². The number of thioether (sulfide) groups is 1. The zero-order valence-corrected chi connectivity index (χ0v) is 15.8. The number of rotatable bonds is 11. The summed E-state index contributed by atoms with van der Waals surface area (Å²) in [5.74, 6) is 1.11. The van der Waals surface area contributed by atoms with Gasteiger partial charge in [-0.15, -0.1) is 0 Å². The second kappa shape index (κ2) is 10.5. The summed E-state index contributed by atoms with van der Waals surface area (Å²) in [4.78, 5) is 33.8. The lowest BCUT2D eigenvalue weighted by molar-refractivity contribution is -0.121. The molecule has 7 nitrogen and oxygen atoms in total. The summed E-state index contributed by atoms with van der Waals surface area (Å²) in [5, 5.41) is 12.1. The van der Waals surface area contributed by atoms with Gasteiger partial charge in [-0.2, -0.15) is 11.8 Å². The van der Waals surface area contributed by atoms with Crippen molar-refractivity contribution in [3.63, 3.8) is 0 Å². The molecule has 0 aliphatic carbocycles. The van der Waals surface area contributed by atoms with Gasteiger partial charge in [-0.05, 0) is 32.1 Å². The number of carbonyl (C=O) groups is 3. The van der Waals surface area contributed by atoms with Gasteiger partial charge in [0.25, 0.3) is 0 Å². The van der Waals surface area contributed by atoms with Gasteiger partial charge in [0.05, 0.1) is 12.1 Å². The fraction of sp³-hybridized carbons (Fsp3) is 0.824. The van der Waals surface area contributed by atoms with Gasteiger partial charge in [0.15, 0.2) is 0 Å². The van der Waals surface area contributed by atoms with Gasteiger partial charge in [-0.25, -0.2) is 4.79 Å². The van der Waals surface area contributed by atoms with Crippen molar-refractivity contribution in [3.8, 4) is 0 Å². The molecule has 8 heteroatoms. The van der Waals surface area contributed by atoms with Crippen LogP contribution in [0.25, 0.3) is 0 Å². The maximum atomic E-state index is 11.8. The molecule has 0 aromatic rings. The highest BCUT2D eigenvalue weighted by Crippen LogP contribution is 2.33. The first-order valence-corrected chi connectivity index (χ1v) is 10.3. The van der Waals surface area contributed by atoms with Gasteiger partial charge >= 0.3 is 6.03 Å². The van der Waals surface area contributed by atoms with Crippen LogP contribution in [0.5, 0.6) is 0 Å². The molecule has 2 heterocycles. The van der Waals surface area contributed by atoms with Crippen LogP contribution in [0.3, 0.4) is 0 Å². The summed E-state index contributed by atoms with van der Waals surface area (Å²) < 4.78 is 0. The van der Waals surface area contributed by atoms with Gasteiger partial charge in [0.2, 0.25) is 11.8 Å². The molecule has 0 radical (unpaired) electrons. The van der Waals surface area contributed by atoms with E-state index in [1.165, 1.54) is 6.92 Å². The Kier molecular flexibility index (Phi) is 8.37. The molecule has 3 atom stereocenters. The predicted molar refractivity (Wildman–Crippen MR) is 99.5 cm³/mol. The van der Waals surface area contributed by atoms with Crippen LogP contribution in [-0.4, -0.2) is 54.0 Å². The number of amides is 4. The zero-order chi connectivity index (χ0) is 18.1. The van der Waals surface area contributed by atoms with Gasteiger partial charge in [-0.1, -0.05) is 6.42 Å². The minimum atomic E-state index is -0.0447. The van der Waals surface area contributed by atoms with Crippen molar-refractivity contribution < 1.29 is 14.4 Å². The van der Waals surface area contributed by atoms with Gasteiger partial charge in [0.1, 0.15) is 0 Å². The number of hydrogen-bond donors (Lipinski definition) is 4. The summed E-state index contributed by atoms with van der Waals surface area (Å²) in [6.45, 7) is 2.93. The fourth-order valence-corrected chi connectivity index (χ4v) is 4.83. The Hall–Kier alpha value is -1.44. The lowest BCUT2D eigenvalue weighted by Gasteiger charge is -2.16. The molecular formula is C17H30N4O3S. The second-order valence-corrected chi connectivity index (χ2v) is 8.03. The summed E-state index contributed by atoms with van der Waals surface area (Å²) in [6.07, 6.45) is 6.42. The SMILES string of the molecule is CC(=O)NCCCCCNC(=O)CCCCC1SC[C@@H]2NC(=O)N[C@H]12. The Morgan fingerprint density at radius 2 is 1.84 bits per heavy atom. The minimum absolute atomic E-state index is 0.00593. The summed E-state index contributed by atoms with van der Waals surface area (Å²) in [5.41, 5.74) is 0. The number of fused-ring (bicyclic) bond motifs is 1. The average molecular weight is 371 g/mol. The van der Waals surface area contributed by atoms with Crippen molar-refractivity contribution in [2.24, 2.45) is 0 Å². The Bertz CT molecular complexity index is 475. The first-order chi connectivity index (χ1) is 12.1. The smallest absolute Gasteiger partial charge is 0.315 e. The minimum Gasteiger partial charge on any atom is -0.356 e. The number of nitrogens with one attached hydrogen (secondary N) is 4. The molecule has 1 unspecified atom stereocenters. The fourth-order valence-electron chi connectivity index (χ4n) is 3.28. The van der Waals surface area contributed by atoms with Crippen LogP contribution in [-0.2, 0) is 9.59 Å². The van der Waals surface area contributed by atoms with Gasteiger partial charge < -0.3 is 21.3 Å². The lowest BCUT2D eigenvalue weighted by atomic mass is 10.0. The van der Waals surface area contributed by atoms with Crippen LogP contribution in [0.15, 0.2) is 0 Å². The number of unbranched alkanes of at least 4 members (excludes halogenated alkanes) is 3. The monoisotopic (exact) mass is 370 g/mol. The highest BCUT2D eigenvalue weighted by Gasteiger charge is 2.42. The molecule has 4 amide bonds. The highest BCUT2D eigenvalue weighted by atomic mass is 32.2. The van der Waals surface area contributed by atoms with E-state index in [0.717, 1.165) is 44.3 Å². The Morgan fingerprint density at radius 1 is 1.08 bits per heavy atom. The normalized spacial score (nSPS) is 24.4. The van der Waals surface area contributed by atoms with E-state index < -0.39 is 0 Å². The van der Waals surface area contributed by atoms with Crippen molar-refractivity contribution in [1.82, 2.24) is 21.3 Å². The molecule has 0 bridgehead atoms. The van der Waals surface area contributed by atoms with E-state index in [9.17, 15) is 14.4 Å². The molecule has 142 valence electrons. The quantitative estimate of drug-likeness (QED) is 0.324. The molecule has 0 saturated carbocycles. The third-order valence-corrected chi connectivity index (χ3v) is 6.14. The van der Waals surface area contributed by atoms with E-state index in [4.69, 9.17) is 0 Å². The maximum absolute atomic E-state index is 11.8. The van der Waals surface area contributed by atoms with Crippen LogP contribution in [0.2, 0.25) is 0 Å². The standard InChI is InChI=1S/C17H30N4O3S/c1-12(22)18-9-5-2-6-10-19-15(23)8-4-3-7-14-16-13(11-25-14)20-17(24)21-16/h13-14,16H,2-11H2,1H3,(H,18,22)(H,19,23)(H2,20,21,24)/t13-,14?,16-/m0/s1. The molecule has 2 aliphatic heterocycles. The first kappa shape index (κ1) is 19.9. The van der Waals surface area contributed by atoms with Crippen LogP contribution < -0.4 is 21.3 Å². The Labute approximate surface area is 153 Å². The van der Waals surface area contributed by atoms with Gasteiger partial charge in [-0.3, -0.25) is 9.59 Å². The highest BCUT2D eigenvalue weighted by molar-refractivity contribution is 8.00. The maximum Gasteiger partial charge on any atom is 0.315 e. The molecule has 0 aromatic heterocycles. The molecular weight excluding hydrogens is 340 g/mol. The van der Waals surface area contributed by atoms with E-state index in [0.29, 0.717) is 24.8 Å². The third-order valence-electron chi connectivity index (χ3n) is 4.63. The van der Waals surface area contributed by atoms with Crippen molar-refractivity contribution in [2.45, 2.75) is 69.2 Å². The van der Waals surface area contributed by atoms with E-state index in [-0.39, 0.29) is 29.9 Å². The topological polar surface area (TPSA) is 99.3 Å². The summed E-state index contributed by atoms with van der Waals surface area (Å²) >= 11 is 1.92. The van der Waals surface area contributed by atoms with Crippen LogP contribution in [0, 0.1) is 0 Å². The molecule has 2 aliphatic rings. The molecule has 0 aromatic carbocycles. The molecule has 2 saturated heterocycles. The third kappa shape index (κ3) is 7.13. The number of hydrogen-bond acceptors (Lipinski definition) is 4. The van der Waals surface area contributed by atoms with E-state index in [1.807, 2.05) is 11.8 Å². The van der Waals surface area contributed by atoms with Crippen molar-refractivity contribution in [3.05, 3.63) is 0 Å². The van der Waals surface area contributed by atoms with Crippen molar-refractivity contribution in [2.75, 3.05) is 18.8 Å². The van der Waals surface area contributed by atoms with Crippen LogP contribution in [0.4, 0.5) is 4.79 Å². The Balaban J connectivity index is 1.42. The largest absolute Gasteiger partial charge is 0.356 e. The van der Waals surface area contributed by atoms with E-state index in [2.05, 4.69) is 21.3 Å². The Morgan fingerprint density at radius 3 is 2.60 bits per heavy atom. The molecule has 25 heavy (non-hydrogen) atoms. The molecule has 2 rings (SSSR count). The van der Waals surface area contributed by atoms with Crippen molar-refractivity contribution in [1.29, 1.82) is 0 Å². The van der Waals surface area contributed by atoms with Gasteiger partial charge in [0, 0.05) is 37.4 Å². The second-order valence-electron chi connectivity index (χ2n) is 6.76. The van der Waals surface area contributed by atoms with Crippen LogP contribution in [0.1, 0.15) is 51.9 Å². The number of urea groups is 1. The predicted octanol–water partition coefficient (Wildman–Crippen LogP) is 1.13. The first-order valence-electron chi connectivity index (χ1n) is 9.26. The van der Waals surface area contributed by atoms with E-state index in [1.54, 1.807) is 0 Å². The number of carbonyl (C=O) groups excluding carboxylic acids is 3. The molecule has 0 spiro atoms. The molecule has 4 N–H and O–H groups in total. The zero-order valence-electron chi connectivity index (χ0n) is 14.9. The van der Waals surface area contributed by atoms with E-state index >= 15 is 0 Å². The average Bonchev–Trinajstić information content (AvgIpc) is 3.10. The summed E-state index contributed by atoms with van der Waals surface area (Å²) in [6, 6.07) is 0.483. The summed E-state index contributed by atoms with van der Waals surface area (Å²) in [7, 11) is 0. The lowest BCUT2D eigenvalue weighted by Crippen LogP contribution is -2.36.